The van der Waals surface area contributed by atoms with E-state index in [1.54, 1.807) is 0 Å². The molecule has 1 aromatic carbocycles. The number of carbonyl (C=O) groups excluding carboxylic acids is 1. The average Bonchev–Trinajstić information content (AvgIpc) is 2.69. The van der Waals surface area contributed by atoms with Gasteiger partial charge in [0.25, 0.3) is 0 Å². The van der Waals surface area contributed by atoms with Crippen LogP contribution in [0, 0.1) is 5.82 Å². The Bertz CT molecular complexity index is 541. The maximum Gasteiger partial charge on any atom is 0.338 e. The Morgan fingerprint density at radius 3 is 2.35 bits per heavy atom. The van der Waals surface area contributed by atoms with Gasteiger partial charge >= 0.3 is 12.0 Å². The van der Waals surface area contributed by atoms with E-state index >= 15 is 0 Å². The molecule has 1 fully saturated rings. The number of hydrogen-bond acceptors (Lipinski definition) is 4. The molecule has 2 rings (SSSR count). The fourth-order valence-electron chi connectivity index (χ4n) is 1.90. The van der Waals surface area contributed by atoms with Crippen LogP contribution in [0.3, 0.4) is 0 Å². The summed E-state index contributed by atoms with van der Waals surface area (Å²) in [4.78, 5) is 23.6. The molecule has 0 bridgehead atoms. The number of carbonyl (C=O) groups is 2. The van der Waals surface area contributed by atoms with Crippen molar-refractivity contribution in [2.75, 3.05) is 18.4 Å². The molecule has 4 N–H and O–H groups in total. The first kappa shape index (κ1) is 14.2. The standard InChI is InChI=1S/C12H13FN2O5/c13-8-3-6(1-2-7(8)11(18)19)14-12(20)15-4-9(16)10(17)5-15/h1-3,9-10,16-17H,4-5H2,(H,14,20)(H,18,19). The van der Waals surface area contributed by atoms with Gasteiger partial charge in [0, 0.05) is 5.69 Å². The summed E-state index contributed by atoms with van der Waals surface area (Å²) < 4.78 is 13.4. The van der Waals surface area contributed by atoms with E-state index in [0.29, 0.717) is 0 Å². The summed E-state index contributed by atoms with van der Waals surface area (Å²) in [5, 5.41) is 29.7. The Labute approximate surface area is 113 Å². The van der Waals surface area contributed by atoms with Crippen LogP contribution in [-0.2, 0) is 0 Å². The molecule has 1 aliphatic rings. The van der Waals surface area contributed by atoms with Crippen LogP contribution >= 0.6 is 0 Å². The van der Waals surface area contributed by atoms with E-state index < -0.39 is 35.6 Å². The number of amides is 2. The summed E-state index contributed by atoms with van der Waals surface area (Å²) in [5.74, 6) is -2.36. The molecule has 0 saturated carbocycles. The number of anilines is 1. The first-order valence-corrected chi connectivity index (χ1v) is 5.83. The van der Waals surface area contributed by atoms with Gasteiger partial charge < -0.3 is 25.5 Å². The van der Waals surface area contributed by atoms with Crippen molar-refractivity contribution in [2.24, 2.45) is 0 Å². The van der Waals surface area contributed by atoms with Crippen molar-refractivity contribution in [2.45, 2.75) is 12.2 Å². The number of hydrogen-bond donors (Lipinski definition) is 4. The molecule has 7 nitrogen and oxygen atoms in total. The molecule has 0 spiro atoms. The van der Waals surface area contributed by atoms with Crippen molar-refractivity contribution < 1.29 is 29.3 Å². The lowest BCUT2D eigenvalue weighted by atomic mass is 10.2. The van der Waals surface area contributed by atoms with E-state index in [1.165, 1.54) is 11.0 Å². The topological polar surface area (TPSA) is 110 Å². The zero-order valence-corrected chi connectivity index (χ0v) is 10.3. The second kappa shape index (κ2) is 5.43. The summed E-state index contributed by atoms with van der Waals surface area (Å²) >= 11 is 0. The number of nitrogens with zero attached hydrogens (tertiary/aromatic N) is 1. The van der Waals surface area contributed by atoms with Gasteiger partial charge in [0.15, 0.2) is 0 Å². The maximum atomic E-state index is 13.4. The average molecular weight is 284 g/mol. The molecule has 0 aliphatic carbocycles. The first-order chi connectivity index (χ1) is 9.38. The summed E-state index contributed by atoms with van der Waals surface area (Å²) in [5.41, 5.74) is -0.400. The first-order valence-electron chi connectivity index (χ1n) is 5.83. The number of nitrogens with one attached hydrogen (secondary N) is 1. The highest BCUT2D eigenvalue weighted by Gasteiger charge is 2.32. The molecular formula is C12H13FN2O5. The van der Waals surface area contributed by atoms with Crippen molar-refractivity contribution in [3.63, 3.8) is 0 Å². The third kappa shape index (κ3) is 2.86. The number of urea groups is 1. The minimum Gasteiger partial charge on any atom is -0.478 e. The molecule has 2 unspecified atom stereocenters. The zero-order valence-electron chi connectivity index (χ0n) is 10.3. The number of benzene rings is 1. The van der Waals surface area contributed by atoms with Crippen molar-refractivity contribution in [1.29, 1.82) is 0 Å². The van der Waals surface area contributed by atoms with Crippen LogP contribution in [0.1, 0.15) is 10.4 Å². The number of rotatable bonds is 2. The lowest BCUT2D eigenvalue weighted by Crippen LogP contribution is -2.34. The summed E-state index contributed by atoms with van der Waals surface area (Å²) in [6.45, 7) is -0.0502. The van der Waals surface area contributed by atoms with Crippen LogP contribution in [0.25, 0.3) is 0 Å². The second-order valence-electron chi connectivity index (χ2n) is 4.47. The third-order valence-corrected chi connectivity index (χ3v) is 3.00. The van der Waals surface area contributed by atoms with Gasteiger partial charge in [-0.1, -0.05) is 0 Å². The van der Waals surface area contributed by atoms with Crippen LogP contribution in [0.4, 0.5) is 14.9 Å². The van der Waals surface area contributed by atoms with Crippen LogP contribution < -0.4 is 5.32 Å². The summed E-state index contributed by atoms with van der Waals surface area (Å²) in [6, 6.07) is 2.58. The smallest absolute Gasteiger partial charge is 0.338 e. The Morgan fingerprint density at radius 1 is 1.25 bits per heavy atom. The molecule has 0 aromatic heterocycles. The summed E-state index contributed by atoms with van der Waals surface area (Å²) in [6.07, 6.45) is -2.02. The van der Waals surface area contributed by atoms with E-state index in [4.69, 9.17) is 5.11 Å². The third-order valence-electron chi connectivity index (χ3n) is 3.00. The molecule has 20 heavy (non-hydrogen) atoms. The van der Waals surface area contributed by atoms with E-state index in [-0.39, 0.29) is 18.8 Å². The Hall–Kier alpha value is -2.19. The Morgan fingerprint density at radius 2 is 1.85 bits per heavy atom. The largest absolute Gasteiger partial charge is 0.478 e. The number of carboxylic acid groups (broad SMARTS) is 1. The van der Waals surface area contributed by atoms with E-state index in [1.807, 2.05) is 0 Å². The van der Waals surface area contributed by atoms with Gasteiger partial charge in [-0.3, -0.25) is 0 Å². The number of halogens is 1. The molecule has 2 amide bonds. The maximum absolute atomic E-state index is 13.4. The van der Waals surface area contributed by atoms with E-state index in [2.05, 4.69) is 5.32 Å². The van der Waals surface area contributed by atoms with Crippen molar-refractivity contribution in [1.82, 2.24) is 4.90 Å². The van der Waals surface area contributed by atoms with E-state index in [0.717, 1.165) is 12.1 Å². The fourth-order valence-corrected chi connectivity index (χ4v) is 1.90. The molecular weight excluding hydrogens is 271 g/mol. The number of carboxylic acids is 1. The number of aromatic carboxylic acids is 1. The predicted octanol–water partition coefficient (Wildman–Crippen LogP) is 0.0932. The van der Waals surface area contributed by atoms with E-state index in [9.17, 15) is 24.2 Å². The van der Waals surface area contributed by atoms with Crippen molar-refractivity contribution in [3.05, 3.63) is 29.6 Å². The molecule has 8 heteroatoms. The van der Waals surface area contributed by atoms with Gasteiger partial charge in [-0.15, -0.1) is 0 Å². The molecule has 1 heterocycles. The normalized spacial score (nSPS) is 21.9. The predicted molar refractivity (Wildman–Crippen MR) is 66.0 cm³/mol. The van der Waals surface area contributed by atoms with Crippen molar-refractivity contribution >= 4 is 17.7 Å². The molecule has 108 valence electrons. The van der Waals surface area contributed by atoms with Crippen LogP contribution in [-0.4, -0.2) is 57.5 Å². The molecule has 1 aromatic rings. The lowest BCUT2D eigenvalue weighted by molar-refractivity contribution is 0.0572. The van der Waals surface area contributed by atoms with Gasteiger partial charge in [0.2, 0.25) is 0 Å². The monoisotopic (exact) mass is 284 g/mol. The van der Waals surface area contributed by atoms with Gasteiger partial charge in [0.1, 0.15) is 5.82 Å². The molecule has 0 radical (unpaired) electrons. The Kier molecular flexibility index (Phi) is 3.86. The number of aliphatic hydroxyl groups is 2. The van der Waals surface area contributed by atoms with Gasteiger partial charge in [-0.05, 0) is 18.2 Å². The van der Waals surface area contributed by atoms with Gasteiger partial charge in [-0.25, -0.2) is 14.0 Å². The number of aliphatic hydroxyl groups excluding tert-OH is 2. The quantitative estimate of drug-likeness (QED) is 0.615. The summed E-state index contributed by atoms with van der Waals surface area (Å²) in [7, 11) is 0. The minimum absolute atomic E-state index is 0.0251. The second-order valence-corrected chi connectivity index (χ2v) is 4.47. The highest BCUT2D eigenvalue weighted by atomic mass is 19.1. The Balaban J connectivity index is 2.05. The highest BCUT2D eigenvalue weighted by Crippen LogP contribution is 2.17. The molecule has 1 saturated heterocycles. The lowest BCUT2D eigenvalue weighted by Gasteiger charge is -2.16. The molecule has 2 atom stereocenters. The number of likely N-dealkylation sites (tertiary alicyclic amines) is 1. The molecule has 1 aliphatic heterocycles. The number of β-amino-alcohol motifs (C(OH)–C–C–N with tert-alkyl or cyclic N) is 2. The fraction of sp³-hybridized carbons (Fsp3) is 0.333. The van der Waals surface area contributed by atoms with Gasteiger partial charge in [0.05, 0.1) is 30.9 Å². The van der Waals surface area contributed by atoms with Crippen LogP contribution in [0.2, 0.25) is 0 Å². The minimum atomic E-state index is -1.40. The SMILES string of the molecule is O=C(O)c1ccc(NC(=O)N2CC(O)C(O)C2)cc1F. The van der Waals surface area contributed by atoms with Gasteiger partial charge in [-0.2, -0.15) is 0 Å². The zero-order chi connectivity index (χ0) is 14.9. The van der Waals surface area contributed by atoms with Crippen LogP contribution in [0.5, 0.6) is 0 Å². The van der Waals surface area contributed by atoms with Crippen LogP contribution in [0.15, 0.2) is 18.2 Å². The highest BCUT2D eigenvalue weighted by molar-refractivity contribution is 5.92. The van der Waals surface area contributed by atoms with Crippen molar-refractivity contribution in [3.8, 4) is 0 Å².